The third kappa shape index (κ3) is 28.8. The van der Waals surface area contributed by atoms with Gasteiger partial charge in [-0.15, -0.1) is 0 Å². The van der Waals surface area contributed by atoms with Crippen LogP contribution in [0.1, 0.15) is 61.8 Å². The molecule has 4 aromatic rings. The Labute approximate surface area is 517 Å². The maximum absolute atomic E-state index is 13.5. The van der Waals surface area contributed by atoms with Gasteiger partial charge < -0.3 is 72.1 Å². The SMILES string of the molecule is COC(=O)[C@H](CSSC[C@H](NC(=O)CNC(=O)[C@H](Cc1ccccc1)NC(=O)CCCNC(=O)[C@H](C)NC(=O)OCc1ccccc1)C(=O)OC)NC(=O)CNC(=O)[C@H](Cc1ccccc1)NC(=O)CCCNC(=O)[C@H](C)NC(=O)OCc1ccccc1. The average Bonchev–Trinajstić information content (AvgIpc) is 3.61. The van der Waals surface area contributed by atoms with Gasteiger partial charge in [-0.05, 0) is 48.9 Å². The highest BCUT2D eigenvalue weighted by Crippen LogP contribution is 2.24. The Kier molecular flexibility index (Phi) is 32.6. The first kappa shape index (κ1) is 71.3. The van der Waals surface area contributed by atoms with E-state index in [0.717, 1.165) is 46.9 Å². The summed E-state index contributed by atoms with van der Waals surface area (Å²) >= 11 is 0. The molecule has 0 heterocycles. The van der Waals surface area contributed by atoms with Crippen LogP contribution in [0.3, 0.4) is 0 Å². The molecule has 0 unspecified atom stereocenters. The molecule has 0 fully saturated rings. The summed E-state index contributed by atoms with van der Waals surface area (Å²) in [5.41, 5.74) is 2.95. The Bertz CT molecular complexity index is 2720. The molecule has 0 aromatic heterocycles. The number of ether oxygens (including phenoxy) is 4. The van der Waals surface area contributed by atoms with E-state index in [1.165, 1.54) is 13.8 Å². The van der Waals surface area contributed by atoms with E-state index in [4.69, 9.17) is 18.9 Å². The maximum atomic E-state index is 13.5. The normalized spacial score (nSPS) is 12.6. The number of esters is 2. The van der Waals surface area contributed by atoms with Crippen LogP contribution in [0.4, 0.5) is 9.59 Å². The van der Waals surface area contributed by atoms with Crippen LogP contribution in [0.2, 0.25) is 0 Å². The van der Waals surface area contributed by atoms with Crippen molar-refractivity contribution >= 4 is 93.0 Å². The van der Waals surface area contributed by atoms with E-state index < -0.39 is 121 Å². The van der Waals surface area contributed by atoms with Crippen LogP contribution in [0, 0.1) is 0 Å². The summed E-state index contributed by atoms with van der Waals surface area (Å²) in [7, 11) is 4.29. The number of benzene rings is 4. The van der Waals surface area contributed by atoms with Gasteiger partial charge in [0.05, 0.1) is 27.3 Å². The summed E-state index contributed by atoms with van der Waals surface area (Å²) < 4.78 is 20.1. The fraction of sp³-hybridized carbons (Fsp3) is 0.400. The predicted octanol–water partition coefficient (Wildman–Crippen LogP) is 1.79. The van der Waals surface area contributed by atoms with E-state index in [-0.39, 0.29) is 76.3 Å². The van der Waals surface area contributed by atoms with Crippen molar-refractivity contribution in [3.63, 3.8) is 0 Å². The Hall–Kier alpha value is -9.18. The number of alkyl carbamates (subject to hydrolysis) is 2. The standard InChI is InChI=1S/C60H76N10O16S2/c1-39(65-59(81)85-35-43-23-13-7-14-24-43)53(75)61-29-17-27-49(71)67-45(31-41-19-9-5-10-20-41)55(77)63-33-51(73)69-47(57(79)83-3)37-87-88-38-48(58(80)84-4)70-52(74)34-64-56(78)46(32-42-21-11-6-12-22-42)68-50(72)28-18-30-62-54(76)40(2)66-60(82)86-36-44-25-15-8-16-26-44/h5-16,19-26,39-40,45-48H,17-18,27-38H2,1-4H3,(H,61,75)(H,62,76)(H,63,77)(H,64,78)(H,65,81)(H,66,82)(H,67,71)(H,68,72)(H,69,73)(H,70,74)/t39-,40-,45-,46-,47-,48-/m0/s1. The van der Waals surface area contributed by atoms with E-state index in [9.17, 15) is 57.5 Å². The smallest absolute Gasteiger partial charge is 0.408 e. The second-order valence-electron chi connectivity index (χ2n) is 19.6. The third-order valence-electron chi connectivity index (χ3n) is 12.6. The van der Waals surface area contributed by atoms with Crippen LogP contribution in [0.25, 0.3) is 0 Å². The van der Waals surface area contributed by atoms with E-state index in [1.807, 2.05) is 12.1 Å². The molecule has 0 saturated carbocycles. The van der Waals surface area contributed by atoms with Crippen molar-refractivity contribution in [1.82, 2.24) is 53.2 Å². The third-order valence-corrected chi connectivity index (χ3v) is 15.0. The van der Waals surface area contributed by atoms with E-state index in [2.05, 4.69) is 53.2 Å². The molecular weight excluding hydrogens is 1180 g/mol. The van der Waals surface area contributed by atoms with Gasteiger partial charge in [0.2, 0.25) is 47.3 Å². The van der Waals surface area contributed by atoms with Gasteiger partial charge in [-0.25, -0.2) is 19.2 Å². The molecule has 0 spiro atoms. The van der Waals surface area contributed by atoms with Gasteiger partial charge in [0.15, 0.2) is 0 Å². The Morgan fingerprint density at radius 3 is 1.03 bits per heavy atom. The van der Waals surface area contributed by atoms with Crippen LogP contribution in [-0.2, 0) is 92.9 Å². The molecule has 0 saturated heterocycles. The molecule has 6 atom stereocenters. The largest absolute Gasteiger partial charge is 0.467 e. The first-order chi connectivity index (χ1) is 42.3. The number of hydrogen-bond donors (Lipinski definition) is 10. The number of methoxy groups -OCH3 is 2. The molecule has 10 amide bonds. The summed E-state index contributed by atoms with van der Waals surface area (Å²) in [5, 5.41) is 25.5. The minimum absolute atomic E-state index is 0.0218. The second kappa shape index (κ2) is 40.2. The first-order valence-corrected chi connectivity index (χ1v) is 30.5. The monoisotopic (exact) mass is 1260 g/mol. The van der Waals surface area contributed by atoms with Crippen molar-refractivity contribution in [3.05, 3.63) is 144 Å². The number of hydrogen-bond acceptors (Lipinski definition) is 18. The molecule has 4 aromatic carbocycles. The highest BCUT2D eigenvalue weighted by molar-refractivity contribution is 8.76. The van der Waals surface area contributed by atoms with Crippen molar-refractivity contribution in [2.75, 3.05) is 51.9 Å². The Morgan fingerprint density at radius 1 is 0.386 bits per heavy atom. The van der Waals surface area contributed by atoms with Crippen molar-refractivity contribution in [3.8, 4) is 0 Å². The fourth-order valence-corrected chi connectivity index (χ4v) is 10.1. The molecule has 0 aliphatic carbocycles. The van der Waals surface area contributed by atoms with Gasteiger partial charge in [0, 0.05) is 50.3 Å². The summed E-state index contributed by atoms with van der Waals surface area (Å²) in [6.45, 7) is 1.94. The molecule has 4 rings (SSSR count). The number of amides is 10. The molecule has 88 heavy (non-hydrogen) atoms. The zero-order valence-electron chi connectivity index (χ0n) is 49.3. The molecule has 0 bridgehead atoms. The number of carbonyl (C=O) groups is 12. The van der Waals surface area contributed by atoms with E-state index in [1.54, 1.807) is 109 Å². The molecule has 26 nitrogen and oxygen atoms in total. The lowest BCUT2D eigenvalue weighted by Gasteiger charge is -2.20. The summed E-state index contributed by atoms with van der Waals surface area (Å²) in [5.74, 6) is -6.89. The zero-order chi connectivity index (χ0) is 64.1. The molecule has 0 radical (unpaired) electrons. The lowest BCUT2D eigenvalue weighted by molar-refractivity contribution is -0.144. The van der Waals surface area contributed by atoms with Crippen LogP contribution in [0.15, 0.2) is 121 Å². The van der Waals surface area contributed by atoms with E-state index in [0.29, 0.717) is 11.1 Å². The first-order valence-electron chi connectivity index (χ1n) is 28.0. The maximum Gasteiger partial charge on any atom is 0.408 e. The van der Waals surface area contributed by atoms with Crippen molar-refractivity contribution in [2.45, 2.75) is 102 Å². The number of nitrogens with one attached hydrogen (secondary N) is 10. The molecule has 10 N–H and O–H groups in total. The predicted molar refractivity (Wildman–Crippen MR) is 326 cm³/mol. The van der Waals surface area contributed by atoms with Gasteiger partial charge in [0.1, 0.15) is 49.5 Å². The lowest BCUT2D eigenvalue weighted by Crippen LogP contribution is -2.52. The topological polar surface area (TPSA) is 362 Å². The highest BCUT2D eigenvalue weighted by Gasteiger charge is 2.28. The van der Waals surface area contributed by atoms with Gasteiger partial charge in [-0.2, -0.15) is 0 Å². The van der Waals surface area contributed by atoms with Crippen LogP contribution < -0.4 is 53.2 Å². The number of rotatable bonds is 37. The average molecular weight is 1260 g/mol. The van der Waals surface area contributed by atoms with Crippen LogP contribution in [0.5, 0.6) is 0 Å². The Morgan fingerprint density at radius 2 is 0.705 bits per heavy atom. The highest BCUT2D eigenvalue weighted by atomic mass is 33.1. The minimum Gasteiger partial charge on any atom is -0.467 e. The molecule has 0 aliphatic heterocycles. The number of carbonyl (C=O) groups excluding carboxylic acids is 12. The van der Waals surface area contributed by atoms with Crippen molar-refractivity contribution in [1.29, 1.82) is 0 Å². The zero-order valence-corrected chi connectivity index (χ0v) is 50.9. The van der Waals surface area contributed by atoms with Crippen molar-refractivity contribution < 1.29 is 76.5 Å². The molecule has 28 heteroatoms. The lowest BCUT2D eigenvalue weighted by atomic mass is 10.0. The summed E-state index contributed by atoms with van der Waals surface area (Å²) in [4.78, 5) is 155. The summed E-state index contributed by atoms with van der Waals surface area (Å²) in [6.07, 6.45) is -1.26. The summed E-state index contributed by atoms with van der Waals surface area (Å²) in [6, 6.07) is 29.0. The van der Waals surface area contributed by atoms with Gasteiger partial charge in [-0.1, -0.05) is 143 Å². The molecule has 0 aliphatic rings. The van der Waals surface area contributed by atoms with E-state index >= 15 is 0 Å². The van der Waals surface area contributed by atoms with Gasteiger partial charge >= 0.3 is 24.1 Å². The van der Waals surface area contributed by atoms with Crippen LogP contribution >= 0.6 is 21.6 Å². The molecule has 474 valence electrons. The minimum atomic E-state index is -1.24. The van der Waals surface area contributed by atoms with Crippen LogP contribution in [-0.4, -0.2) is 160 Å². The quantitative estimate of drug-likeness (QED) is 0.0133. The second-order valence-corrected chi connectivity index (χ2v) is 22.1. The van der Waals surface area contributed by atoms with Gasteiger partial charge in [-0.3, -0.25) is 38.4 Å². The fourth-order valence-electron chi connectivity index (χ4n) is 7.82. The Balaban J connectivity index is 1.20. The van der Waals surface area contributed by atoms with Crippen molar-refractivity contribution in [2.24, 2.45) is 0 Å². The van der Waals surface area contributed by atoms with Gasteiger partial charge in [0.25, 0.3) is 0 Å². The molecular formula is C60H76N10O16S2.